The molecule has 0 radical (unpaired) electrons. The van der Waals surface area contributed by atoms with Gasteiger partial charge in [-0.1, -0.05) is 6.07 Å². The molecule has 0 aliphatic carbocycles. The first-order chi connectivity index (χ1) is 18.0. The van der Waals surface area contributed by atoms with Gasteiger partial charge in [-0.05, 0) is 43.9 Å². The van der Waals surface area contributed by atoms with Crippen LogP contribution in [-0.2, 0) is 14.4 Å². The topological polar surface area (TPSA) is 141 Å². The van der Waals surface area contributed by atoms with E-state index in [1.807, 2.05) is 0 Å². The van der Waals surface area contributed by atoms with Crippen LogP contribution in [0.25, 0.3) is 10.9 Å². The van der Waals surface area contributed by atoms with Crippen LogP contribution in [0, 0.1) is 11.8 Å². The summed E-state index contributed by atoms with van der Waals surface area (Å²) in [5.41, 5.74) is 0.506. The molecular formula is C25H29F3N4O6. The van der Waals surface area contributed by atoms with E-state index in [1.165, 1.54) is 13.2 Å². The number of hydrogen-bond acceptors (Lipinski definition) is 6. The highest BCUT2D eigenvalue weighted by atomic mass is 19.4. The zero-order valence-electron chi connectivity index (χ0n) is 20.6. The van der Waals surface area contributed by atoms with Gasteiger partial charge in [0, 0.05) is 29.9 Å². The standard InChI is InChI=1S/C25H29F3N4O6/c1-38-21-6-2-5-16-15(21)10-18(30-16)24(37)32-11-14(25(26,27)28)9-19(32)23(36)31-17(20(34)12-33)8-13-4-3-7-29-22(13)35/h2,5-6,10,13-14,17,19,30,33H,3-4,7-9,11-12H2,1H3,(H,29,35)(H,31,36). The van der Waals surface area contributed by atoms with Crippen LogP contribution in [0.1, 0.15) is 36.2 Å². The molecule has 0 bridgehead atoms. The van der Waals surface area contributed by atoms with Crippen molar-refractivity contribution in [2.75, 3.05) is 26.8 Å². The minimum absolute atomic E-state index is 0.0213. The molecule has 3 amide bonds. The number of aliphatic hydroxyl groups excluding tert-OH is 1. The van der Waals surface area contributed by atoms with Crippen molar-refractivity contribution in [3.05, 3.63) is 30.0 Å². The number of benzene rings is 1. The first-order valence-corrected chi connectivity index (χ1v) is 12.3. The normalized spacial score (nSPS) is 22.7. The first kappa shape index (κ1) is 27.4. The monoisotopic (exact) mass is 538 g/mol. The molecule has 2 aliphatic heterocycles. The molecule has 10 nitrogen and oxygen atoms in total. The Hall–Kier alpha value is -3.61. The summed E-state index contributed by atoms with van der Waals surface area (Å²) in [5.74, 6) is -4.94. The number of methoxy groups -OCH3 is 1. The van der Waals surface area contributed by atoms with E-state index in [0.29, 0.717) is 36.0 Å². The van der Waals surface area contributed by atoms with Gasteiger partial charge in [-0.25, -0.2) is 0 Å². The number of carbonyl (C=O) groups excluding carboxylic acids is 4. The summed E-state index contributed by atoms with van der Waals surface area (Å²) in [6.07, 6.45) is -4.32. The number of hydrogen-bond donors (Lipinski definition) is 4. The minimum atomic E-state index is -4.66. The average molecular weight is 539 g/mol. The van der Waals surface area contributed by atoms with Gasteiger partial charge in [-0.3, -0.25) is 19.2 Å². The van der Waals surface area contributed by atoms with Crippen LogP contribution in [0.3, 0.4) is 0 Å². The van der Waals surface area contributed by atoms with Gasteiger partial charge in [0.25, 0.3) is 5.91 Å². The SMILES string of the molecule is COc1cccc2[nH]c(C(=O)N3CC(C(F)(F)F)CC3C(=O)NC(CC3CCCNC3=O)C(=O)CO)cc12. The highest BCUT2D eigenvalue weighted by molar-refractivity contribution is 6.02. The Morgan fingerprint density at radius 1 is 1.29 bits per heavy atom. The lowest BCUT2D eigenvalue weighted by molar-refractivity contribution is -0.170. The van der Waals surface area contributed by atoms with Crippen molar-refractivity contribution in [1.29, 1.82) is 0 Å². The van der Waals surface area contributed by atoms with E-state index in [1.54, 1.807) is 18.2 Å². The number of fused-ring (bicyclic) bond motifs is 1. The molecule has 0 spiro atoms. The molecule has 206 valence electrons. The van der Waals surface area contributed by atoms with E-state index in [-0.39, 0.29) is 18.0 Å². The second kappa shape index (κ2) is 11.0. The van der Waals surface area contributed by atoms with Crippen LogP contribution in [0.2, 0.25) is 0 Å². The third kappa shape index (κ3) is 5.62. The number of carbonyl (C=O) groups is 4. The Labute approximate surface area is 215 Å². The summed E-state index contributed by atoms with van der Waals surface area (Å²) in [6, 6.07) is 3.67. The predicted molar refractivity (Wildman–Crippen MR) is 128 cm³/mol. The number of nitrogens with one attached hydrogen (secondary N) is 3. The second-order valence-corrected chi connectivity index (χ2v) is 9.60. The summed E-state index contributed by atoms with van der Waals surface area (Å²) in [7, 11) is 1.44. The largest absolute Gasteiger partial charge is 0.496 e. The summed E-state index contributed by atoms with van der Waals surface area (Å²) >= 11 is 0. The van der Waals surface area contributed by atoms with Crippen LogP contribution in [0.5, 0.6) is 5.75 Å². The Morgan fingerprint density at radius 2 is 2.05 bits per heavy atom. The number of piperidine rings is 1. The summed E-state index contributed by atoms with van der Waals surface area (Å²) in [5, 5.41) is 15.0. The smallest absolute Gasteiger partial charge is 0.393 e. The second-order valence-electron chi connectivity index (χ2n) is 9.60. The van der Waals surface area contributed by atoms with Crippen LogP contribution in [-0.4, -0.2) is 83.6 Å². The highest BCUT2D eigenvalue weighted by Crippen LogP contribution is 2.38. The van der Waals surface area contributed by atoms with E-state index >= 15 is 0 Å². The molecule has 2 fully saturated rings. The molecule has 2 saturated heterocycles. The molecular weight excluding hydrogens is 509 g/mol. The van der Waals surface area contributed by atoms with E-state index in [0.717, 1.165) is 4.90 Å². The molecule has 2 aromatic rings. The minimum Gasteiger partial charge on any atom is -0.496 e. The number of likely N-dealkylation sites (tertiary alicyclic amines) is 1. The van der Waals surface area contributed by atoms with Gasteiger partial charge in [0.1, 0.15) is 24.1 Å². The van der Waals surface area contributed by atoms with Crippen molar-refractivity contribution >= 4 is 34.4 Å². The van der Waals surface area contributed by atoms with Crippen molar-refractivity contribution in [3.63, 3.8) is 0 Å². The quantitative estimate of drug-likeness (QED) is 0.402. The van der Waals surface area contributed by atoms with E-state index in [4.69, 9.17) is 4.74 Å². The number of alkyl halides is 3. The molecule has 4 atom stereocenters. The van der Waals surface area contributed by atoms with Gasteiger partial charge in [0.15, 0.2) is 5.78 Å². The number of aromatic nitrogens is 1. The Bertz CT molecular complexity index is 1230. The van der Waals surface area contributed by atoms with Crippen LogP contribution in [0.15, 0.2) is 24.3 Å². The van der Waals surface area contributed by atoms with Crippen molar-refractivity contribution in [1.82, 2.24) is 20.5 Å². The highest BCUT2D eigenvalue weighted by Gasteiger charge is 2.51. The molecule has 1 aromatic carbocycles. The van der Waals surface area contributed by atoms with Gasteiger partial charge in [-0.15, -0.1) is 0 Å². The number of ketones is 1. The average Bonchev–Trinajstić information content (AvgIpc) is 3.53. The molecule has 4 unspecified atom stereocenters. The van der Waals surface area contributed by atoms with Crippen LogP contribution < -0.4 is 15.4 Å². The molecule has 1 aromatic heterocycles. The lowest BCUT2D eigenvalue weighted by Crippen LogP contribution is -2.52. The van der Waals surface area contributed by atoms with Gasteiger partial charge in [0.2, 0.25) is 11.8 Å². The number of aliphatic hydroxyl groups is 1. The van der Waals surface area contributed by atoms with Crippen molar-refractivity contribution in [2.45, 2.75) is 43.9 Å². The maximum Gasteiger partial charge on any atom is 0.393 e. The zero-order chi connectivity index (χ0) is 27.6. The predicted octanol–water partition coefficient (Wildman–Crippen LogP) is 1.53. The Balaban J connectivity index is 1.59. The molecule has 4 rings (SSSR count). The van der Waals surface area contributed by atoms with Crippen molar-refractivity contribution in [3.8, 4) is 5.75 Å². The van der Waals surface area contributed by atoms with Gasteiger partial charge < -0.3 is 30.4 Å². The number of nitrogens with zero attached hydrogens (tertiary/aromatic N) is 1. The number of ether oxygens (including phenoxy) is 1. The fourth-order valence-corrected chi connectivity index (χ4v) is 5.12. The van der Waals surface area contributed by atoms with Gasteiger partial charge in [0.05, 0.1) is 19.1 Å². The third-order valence-electron chi connectivity index (χ3n) is 7.18. The first-order valence-electron chi connectivity index (χ1n) is 12.3. The number of rotatable bonds is 8. The number of Topliss-reactive ketones (excluding diaryl/α,β-unsaturated/α-hetero) is 1. The number of H-pyrrole nitrogens is 1. The number of amides is 3. The molecule has 2 aliphatic rings. The molecule has 13 heteroatoms. The number of halogens is 3. The Morgan fingerprint density at radius 3 is 2.71 bits per heavy atom. The third-order valence-corrected chi connectivity index (χ3v) is 7.18. The van der Waals surface area contributed by atoms with Crippen LogP contribution >= 0.6 is 0 Å². The molecule has 3 heterocycles. The Kier molecular flexibility index (Phi) is 7.95. The molecule has 4 N–H and O–H groups in total. The van der Waals surface area contributed by atoms with Crippen molar-refractivity contribution in [2.24, 2.45) is 11.8 Å². The van der Waals surface area contributed by atoms with Crippen molar-refractivity contribution < 1.29 is 42.2 Å². The van der Waals surface area contributed by atoms with E-state index in [2.05, 4.69) is 15.6 Å². The van der Waals surface area contributed by atoms with Gasteiger partial charge >= 0.3 is 6.18 Å². The molecule has 0 saturated carbocycles. The summed E-state index contributed by atoms with van der Waals surface area (Å²) in [4.78, 5) is 54.9. The van der Waals surface area contributed by atoms with E-state index < -0.39 is 67.3 Å². The summed E-state index contributed by atoms with van der Waals surface area (Å²) in [6.45, 7) is -1.18. The lowest BCUT2D eigenvalue weighted by atomic mass is 9.90. The molecule has 38 heavy (non-hydrogen) atoms. The fraction of sp³-hybridized carbons (Fsp3) is 0.520. The summed E-state index contributed by atoms with van der Waals surface area (Å²) < 4.78 is 46.3. The lowest BCUT2D eigenvalue weighted by Gasteiger charge is -2.28. The zero-order valence-corrected chi connectivity index (χ0v) is 20.6. The van der Waals surface area contributed by atoms with E-state index in [9.17, 15) is 37.5 Å². The van der Waals surface area contributed by atoms with Gasteiger partial charge in [-0.2, -0.15) is 13.2 Å². The maximum atomic E-state index is 13.7. The van der Waals surface area contributed by atoms with Crippen LogP contribution in [0.4, 0.5) is 13.2 Å². The fourth-order valence-electron chi connectivity index (χ4n) is 5.12. The maximum absolute atomic E-state index is 13.7. The number of aromatic amines is 1.